The van der Waals surface area contributed by atoms with Gasteiger partial charge in [0.2, 0.25) is 11.7 Å². The Hall–Kier alpha value is -3.22. The number of para-hydroxylation sites is 1. The number of aromatic nitrogens is 4. The molecular formula is C17H17N5O2. The zero-order chi connectivity index (χ0) is 16.6. The van der Waals surface area contributed by atoms with Crippen LogP contribution < -0.4 is 10.1 Å². The Kier molecular flexibility index (Phi) is 5.14. The largest absolute Gasteiger partial charge is 0.494 e. The number of hydrogen-bond donors (Lipinski definition) is 2. The van der Waals surface area contributed by atoms with Crippen molar-refractivity contribution in [1.82, 2.24) is 20.6 Å². The molecule has 0 fully saturated rings. The van der Waals surface area contributed by atoms with E-state index in [1.165, 1.54) is 0 Å². The highest BCUT2D eigenvalue weighted by atomic mass is 16.5. The first-order chi connectivity index (χ1) is 11.8. The molecule has 0 bridgehead atoms. The molecule has 2 N–H and O–H groups in total. The molecule has 2 aromatic carbocycles. The number of aromatic amines is 1. The Morgan fingerprint density at radius 2 is 1.88 bits per heavy atom. The maximum absolute atomic E-state index is 11.9. The third kappa shape index (κ3) is 4.39. The summed E-state index contributed by atoms with van der Waals surface area (Å²) >= 11 is 0. The number of hydrogen-bond acceptors (Lipinski definition) is 5. The van der Waals surface area contributed by atoms with Crippen molar-refractivity contribution in [1.29, 1.82) is 0 Å². The van der Waals surface area contributed by atoms with Crippen LogP contribution in [0.25, 0.3) is 11.4 Å². The molecule has 1 aromatic heterocycles. The number of nitrogens with one attached hydrogen (secondary N) is 2. The van der Waals surface area contributed by atoms with Crippen molar-refractivity contribution in [3.63, 3.8) is 0 Å². The summed E-state index contributed by atoms with van der Waals surface area (Å²) in [5, 5.41) is 16.6. The van der Waals surface area contributed by atoms with Crippen LogP contribution in [0.5, 0.6) is 5.75 Å². The van der Waals surface area contributed by atoms with Gasteiger partial charge in [0.25, 0.3) is 0 Å². The van der Waals surface area contributed by atoms with Gasteiger partial charge in [-0.3, -0.25) is 4.79 Å². The van der Waals surface area contributed by atoms with Crippen LogP contribution in [0.2, 0.25) is 0 Å². The van der Waals surface area contributed by atoms with E-state index in [0.717, 1.165) is 17.0 Å². The van der Waals surface area contributed by atoms with Crippen molar-refractivity contribution >= 4 is 11.6 Å². The van der Waals surface area contributed by atoms with Crippen molar-refractivity contribution in [2.24, 2.45) is 0 Å². The summed E-state index contributed by atoms with van der Waals surface area (Å²) < 4.78 is 5.56. The summed E-state index contributed by atoms with van der Waals surface area (Å²) in [4.78, 5) is 11.9. The van der Waals surface area contributed by atoms with Gasteiger partial charge in [-0.1, -0.05) is 18.2 Å². The molecule has 7 nitrogen and oxygen atoms in total. The van der Waals surface area contributed by atoms with Gasteiger partial charge >= 0.3 is 0 Å². The Bertz CT molecular complexity index is 757. The first-order valence-corrected chi connectivity index (χ1v) is 7.63. The number of rotatable bonds is 7. The van der Waals surface area contributed by atoms with E-state index in [1.807, 2.05) is 54.6 Å². The van der Waals surface area contributed by atoms with E-state index in [1.54, 1.807) is 0 Å². The molecule has 0 aliphatic carbocycles. The second-order valence-electron chi connectivity index (χ2n) is 5.13. The van der Waals surface area contributed by atoms with E-state index < -0.39 is 0 Å². The third-order valence-corrected chi connectivity index (χ3v) is 3.33. The molecule has 0 saturated carbocycles. The van der Waals surface area contributed by atoms with Crippen LogP contribution in [0.15, 0.2) is 54.6 Å². The van der Waals surface area contributed by atoms with Crippen molar-refractivity contribution in [3.05, 3.63) is 54.6 Å². The lowest BCUT2D eigenvalue weighted by molar-refractivity contribution is -0.116. The second-order valence-corrected chi connectivity index (χ2v) is 5.13. The fourth-order valence-corrected chi connectivity index (χ4v) is 2.15. The highest BCUT2D eigenvalue weighted by molar-refractivity contribution is 5.90. The summed E-state index contributed by atoms with van der Waals surface area (Å²) in [6.07, 6.45) is 1.06. The van der Waals surface area contributed by atoms with Crippen LogP contribution in [-0.2, 0) is 4.79 Å². The maximum Gasteiger partial charge on any atom is 0.224 e. The topological polar surface area (TPSA) is 92.8 Å². The Labute approximate surface area is 139 Å². The zero-order valence-corrected chi connectivity index (χ0v) is 13.0. The molecule has 7 heteroatoms. The zero-order valence-electron chi connectivity index (χ0n) is 13.0. The molecule has 3 aromatic rings. The van der Waals surface area contributed by atoms with Crippen molar-refractivity contribution in [2.45, 2.75) is 12.8 Å². The Balaban J connectivity index is 1.42. The lowest BCUT2D eigenvalue weighted by atomic mass is 10.2. The minimum absolute atomic E-state index is 0.0426. The first kappa shape index (κ1) is 15.7. The fraction of sp³-hybridized carbons (Fsp3) is 0.176. The normalized spacial score (nSPS) is 10.3. The van der Waals surface area contributed by atoms with Crippen LogP contribution >= 0.6 is 0 Å². The van der Waals surface area contributed by atoms with Crippen molar-refractivity contribution in [2.75, 3.05) is 11.9 Å². The average Bonchev–Trinajstić information content (AvgIpc) is 3.15. The molecule has 0 radical (unpaired) electrons. The van der Waals surface area contributed by atoms with Crippen LogP contribution in [-0.4, -0.2) is 33.1 Å². The molecule has 0 atom stereocenters. The highest BCUT2D eigenvalue weighted by Crippen LogP contribution is 2.17. The van der Waals surface area contributed by atoms with E-state index in [9.17, 15) is 4.79 Å². The van der Waals surface area contributed by atoms with Gasteiger partial charge in [0, 0.05) is 17.7 Å². The quantitative estimate of drug-likeness (QED) is 0.652. The molecule has 24 heavy (non-hydrogen) atoms. The number of ether oxygens (including phenoxy) is 1. The van der Waals surface area contributed by atoms with Gasteiger partial charge in [-0.25, -0.2) is 0 Å². The molecule has 122 valence electrons. The predicted octanol–water partition coefficient (Wildman–Crippen LogP) is 2.66. The minimum atomic E-state index is -0.0426. The van der Waals surface area contributed by atoms with Gasteiger partial charge in [0.1, 0.15) is 5.75 Å². The van der Waals surface area contributed by atoms with Crippen LogP contribution in [0.4, 0.5) is 5.69 Å². The number of nitrogens with zero attached hydrogens (tertiary/aromatic N) is 3. The maximum atomic E-state index is 11.9. The van der Waals surface area contributed by atoms with E-state index in [4.69, 9.17) is 4.74 Å². The molecule has 1 heterocycles. The van der Waals surface area contributed by atoms with E-state index in [2.05, 4.69) is 25.9 Å². The molecule has 3 rings (SSSR count). The molecule has 0 spiro atoms. The Morgan fingerprint density at radius 3 is 2.58 bits per heavy atom. The number of tetrazole rings is 1. The molecule has 0 saturated heterocycles. The van der Waals surface area contributed by atoms with Crippen LogP contribution in [0.3, 0.4) is 0 Å². The molecule has 0 unspecified atom stereocenters. The summed E-state index contributed by atoms with van der Waals surface area (Å²) in [6.45, 7) is 0.508. The SMILES string of the molecule is O=C(CCCOc1ccccc1)Nc1ccc(-c2nn[nH]n2)cc1. The van der Waals surface area contributed by atoms with E-state index in [-0.39, 0.29) is 5.91 Å². The van der Waals surface area contributed by atoms with Crippen molar-refractivity contribution < 1.29 is 9.53 Å². The number of benzene rings is 2. The highest BCUT2D eigenvalue weighted by Gasteiger charge is 2.05. The lowest BCUT2D eigenvalue weighted by Crippen LogP contribution is -2.12. The predicted molar refractivity (Wildman–Crippen MR) is 89.4 cm³/mol. The van der Waals surface area contributed by atoms with Gasteiger partial charge in [-0.05, 0) is 48.0 Å². The summed E-state index contributed by atoms with van der Waals surface area (Å²) in [5.41, 5.74) is 1.56. The second kappa shape index (κ2) is 7.87. The van der Waals surface area contributed by atoms with Gasteiger partial charge in [-0.15, -0.1) is 10.2 Å². The van der Waals surface area contributed by atoms with E-state index >= 15 is 0 Å². The van der Waals surface area contributed by atoms with Gasteiger partial charge < -0.3 is 10.1 Å². The summed E-state index contributed by atoms with van der Waals surface area (Å²) in [7, 11) is 0. The number of carbonyl (C=O) groups is 1. The molecule has 1 amide bonds. The summed E-state index contributed by atoms with van der Waals surface area (Å²) in [6, 6.07) is 16.8. The van der Waals surface area contributed by atoms with Crippen LogP contribution in [0.1, 0.15) is 12.8 Å². The molecule has 0 aliphatic heterocycles. The smallest absolute Gasteiger partial charge is 0.224 e. The number of H-pyrrole nitrogens is 1. The summed E-state index contributed by atoms with van der Waals surface area (Å²) in [5.74, 6) is 1.29. The standard InChI is InChI=1S/C17H17N5O2/c23-16(7-4-12-24-15-5-2-1-3-6-15)18-14-10-8-13(9-11-14)17-19-21-22-20-17/h1-3,5-6,8-11H,4,7,12H2,(H,18,23)(H,19,20,21,22). The van der Waals surface area contributed by atoms with Gasteiger partial charge in [0.15, 0.2) is 0 Å². The lowest BCUT2D eigenvalue weighted by Gasteiger charge is -2.07. The Morgan fingerprint density at radius 1 is 1.08 bits per heavy atom. The number of anilines is 1. The number of amides is 1. The third-order valence-electron chi connectivity index (χ3n) is 3.33. The number of carbonyl (C=O) groups excluding carboxylic acids is 1. The average molecular weight is 323 g/mol. The molecule has 0 aliphatic rings. The fourth-order valence-electron chi connectivity index (χ4n) is 2.15. The molecular weight excluding hydrogens is 306 g/mol. The van der Waals surface area contributed by atoms with E-state index in [0.29, 0.717) is 25.3 Å². The van der Waals surface area contributed by atoms with Gasteiger partial charge in [0.05, 0.1) is 6.61 Å². The monoisotopic (exact) mass is 323 g/mol. The van der Waals surface area contributed by atoms with Crippen LogP contribution in [0, 0.1) is 0 Å². The van der Waals surface area contributed by atoms with Gasteiger partial charge in [-0.2, -0.15) is 5.21 Å². The van der Waals surface area contributed by atoms with Crippen molar-refractivity contribution in [3.8, 4) is 17.1 Å². The minimum Gasteiger partial charge on any atom is -0.494 e. The first-order valence-electron chi connectivity index (χ1n) is 7.63.